The van der Waals surface area contributed by atoms with E-state index in [4.69, 9.17) is 16.9 Å². The summed E-state index contributed by atoms with van der Waals surface area (Å²) in [6.07, 6.45) is 0. The fourth-order valence-electron chi connectivity index (χ4n) is 2.21. The van der Waals surface area contributed by atoms with Crippen LogP contribution in [-0.4, -0.2) is 16.1 Å². The summed E-state index contributed by atoms with van der Waals surface area (Å²) in [5, 5.41) is 23.1. The van der Waals surface area contributed by atoms with Gasteiger partial charge in [-0.1, -0.05) is 17.7 Å². The number of benzene rings is 2. The monoisotopic (exact) mass is 363 g/mol. The lowest BCUT2D eigenvalue weighted by Crippen LogP contribution is -2.15. The van der Waals surface area contributed by atoms with E-state index in [0.29, 0.717) is 22.1 Å². The van der Waals surface area contributed by atoms with Crippen molar-refractivity contribution >= 4 is 34.7 Å². The highest BCUT2D eigenvalue weighted by Gasteiger charge is 2.10. The molecule has 0 atom stereocenters. The predicted molar refractivity (Wildman–Crippen MR) is 101 cm³/mol. The van der Waals surface area contributed by atoms with E-state index in [1.54, 1.807) is 48.5 Å². The molecule has 1 heterocycles. The number of halogens is 1. The lowest BCUT2D eigenvalue weighted by Gasteiger charge is -2.09. The summed E-state index contributed by atoms with van der Waals surface area (Å²) in [4.78, 5) is 12.3. The number of anilines is 3. The molecular weight excluding hydrogens is 350 g/mol. The molecule has 0 saturated carbocycles. The zero-order valence-electron chi connectivity index (χ0n) is 13.8. The fourth-order valence-corrected chi connectivity index (χ4v) is 2.38. The molecule has 0 aliphatic heterocycles. The van der Waals surface area contributed by atoms with E-state index < -0.39 is 0 Å². The third-order valence-electron chi connectivity index (χ3n) is 3.63. The second kappa shape index (κ2) is 7.64. The molecule has 26 heavy (non-hydrogen) atoms. The Labute approximate surface area is 155 Å². The van der Waals surface area contributed by atoms with Crippen LogP contribution in [0.1, 0.15) is 21.6 Å². The maximum Gasteiger partial charge on any atom is 0.276 e. The Bertz CT molecular complexity index is 978. The summed E-state index contributed by atoms with van der Waals surface area (Å²) in [5.74, 6) is 0.123. The van der Waals surface area contributed by atoms with Crippen molar-refractivity contribution in [3.63, 3.8) is 0 Å². The standard InChI is InChI=1S/C19H14ClN5O/c1-12-2-5-14(20)10-17(12)23-19(26)16-8-9-18(25-24-16)22-15-6-3-13(11-21)4-7-15/h2-10H,1H3,(H,22,25)(H,23,26). The van der Waals surface area contributed by atoms with Crippen molar-refractivity contribution in [2.75, 3.05) is 10.6 Å². The quantitative estimate of drug-likeness (QED) is 0.720. The van der Waals surface area contributed by atoms with E-state index in [2.05, 4.69) is 26.9 Å². The van der Waals surface area contributed by atoms with Gasteiger partial charge in [-0.05, 0) is 61.0 Å². The van der Waals surface area contributed by atoms with Crippen molar-refractivity contribution in [2.24, 2.45) is 0 Å². The van der Waals surface area contributed by atoms with Crippen LogP contribution in [0.3, 0.4) is 0 Å². The van der Waals surface area contributed by atoms with Gasteiger partial charge in [0.2, 0.25) is 0 Å². The van der Waals surface area contributed by atoms with Crippen LogP contribution in [0.5, 0.6) is 0 Å². The molecule has 7 heteroatoms. The number of rotatable bonds is 4. The maximum absolute atomic E-state index is 12.3. The number of amides is 1. The Morgan fingerprint density at radius 1 is 1.08 bits per heavy atom. The Morgan fingerprint density at radius 2 is 1.85 bits per heavy atom. The van der Waals surface area contributed by atoms with E-state index in [-0.39, 0.29) is 11.6 Å². The van der Waals surface area contributed by atoms with Gasteiger partial charge in [-0.25, -0.2) is 0 Å². The van der Waals surface area contributed by atoms with Crippen molar-refractivity contribution in [2.45, 2.75) is 6.92 Å². The molecule has 0 unspecified atom stereocenters. The number of carbonyl (C=O) groups is 1. The molecule has 2 N–H and O–H groups in total. The summed E-state index contributed by atoms with van der Waals surface area (Å²) >= 11 is 5.96. The van der Waals surface area contributed by atoms with Crippen molar-refractivity contribution < 1.29 is 4.79 Å². The number of hydrogen-bond donors (Lipinski definition) is 2. The molecule has 6 nitrogen and oxygen atoms in total. The zero-order valence-corrected chi connectivity index (χ0v) is 14.6. The van der Waals surface area contributed by atoms with Gasteiger partial charge in [0.1, 0.15) is 0 Å². The molecule has 1 aromatic heterocycles. The van der Waals surface area contributed by atoms with E-state index >= 15 is 0 Å². The summed E-state index contributed by atoms with van der Waals surface area (Å²) in [6.45, 7) is 1.88. The third kappa shape index (κ3) is 4.15. The lowest BCUT2D eigenvalue weighted by atomic mass is 10.2. The number of nitriles is 1. The number of nitrogens with one attached hydrogen (secondary N) is 2. The molecule has 0 fully saturated rings. The molecule has 2 aromatic carbocycles. The zero-order chi connectivity index (χ0) is 18.5. The fraction of sp³-hybridized carbons (Fsp3) is 0.0526. The van der Waals surface area contributed by atoms with Gasteiger partial charge in [0, 0.05) is 16.4 Å². The second-order valence-electron chi connectivity index (χ2n) is 5.53. The smallest absolute Gasteiger partial charge is 0.276 e. The van der Waals surface area contributed by atoms with Gasteiger partial charge in [-0.2, -0.15) is 5.26 Å². The first-order valence-corrected chi connectivity index (χ1v) is 8.11. The molecule has 3 aromatic rings. The normalized spacial score (nSPS) is 10.0. The van der Waals surface area contributed by atoms with Gasteiger partial charge in [-0.3, -0.25) is 4.79 Å². The molecule has 1 amide bonds. The minimum atomic E-state index is -0.368. The lowest BCUT2D eigenvalue weighted by molar-refractivity contribution is 0.102. The first-order chi connectivity index (χ1) is 12.5. The van der Waals surface area contributed by atoms with Crippen LogP contribution in [0.2, 0.25) is 5.02 Å². The van der Waals surface area contributed by atoms with Crippen LogP contribution in [0.4, 0.5) is 17.2 Å². The molecule has 0 saturated heterocycles. The highest BCUT2D eigenvalue weighted by atomic mass is 35.5. The van der Waals surface area contributed by atoms with Crippen molar-refractivity contribution in [3.05, 3.63) is 76.4 Å². The van der Waals surface area contributed by atoms with Gasteiger partial charge in [-0.15, -0.1) is 10.2 Å². The molecule has 0 radical (unpaired) electrons. The van der Waals surface area contributed by atoms with Crippen LogP contribution in [0.25, 0.3) is 0 Å². The number of carbonyl (C=O) groups excluding carboxylic acids is 1. The van der Waals surface area contributed by atoms with Gasteiger partial charge >= 0.3 is 0 Å². The van der Waals surface area contributed by atoms with Gasteiger partial charge in [0.05, 0.1) is 11.6 Å². The highest BCUT2D eigenvalue weighted by Crippen LogP contribution is 2.21. The molecule has 0 aliphatic rings. The number of nitrogens with zero attached hydrogens (tertiary/aromatic N) is 3. The summed E-state index contributed by atoms with van der Waals surface area (Å²) in [7, 11) is 0. The van der Waals surface area contributed by atoms with Gasteiger partial charge in [0.25, 0.3) is 5.91 Å². The van der Waals surface area contributed by atoms with E-state index in [0.717, 1.165) is 11.3 Å². The SMILES string of the molecule is Cc1ccc(Cl)cc1NC(=O)c1ccc(Nc2ccc(C#N)cc2)nn1. The van der Waals surface area contributed by atoms with Crippen LogP contribution >= 0.6 is 11.6 Å². The molecular formula is C19H14ClN5O. The average Bonchev–Trinajstić information content (AvgIpc) is 2.66. The Kier molecular flexibility index (Phi) is 5.11. The first-order valence-electron chi connectivity index (χ1n) is 7.73. The second-order valence-corrected chi connectivity index (χ2v) is 5.97. The summed E-state index contributed by atoms with van der Waals surface area (Å²) in [6, 6.07) is 17.5. The van der Waals surface area contributed by atoms with E-state index in [9.17, 15) is 4.79 Å². The topological polar surface area (TPSA) is 90.7 Å². The Morgan fingerprint density at radius 3 is 2.50 bits per heavy atom. The molecule has 0 bridgehead atoms. The number of aromatic nitrogens is 2. The molecule has 3 rings (SSSR count). The van der Waals surface area contributed by atoms with Gasteiger partial charge in [0.15, 0.2) is 11.5 Å². The number of aryl methyl sites for hydroxylation is 1. The minimum Gasteiger partial charge on any atom is -0.339 e. The Hall–Kier alpha value is -3.43. The van der Waals surface area contributed by atoms with E-state index in [1.165, 1.54) is 0 Å². The minimum absolute atomic E-state index is 0.190. The molecule has 0 spiro atoms. The largest absolute Gasteiger partial charge is 0.339 e. The van der Waals surface area contributed by atoms with Crippen molar-refractivity contribution in [1.82, 2.24) is 10.2 Å². The predicted octanol–water partition coefficient (Wildman–Crippen LogP) is 4.31. The first kappa shape index (κ1) is 17.4. The third-order valence-corrected chi connectivity index (χ3v) is 3.87. The van der Waals surface area contributed by atoms with E-state index in [1.807, 2.05) is 13.0 Å². The van der Waals surface area contributed by atoms with Crippen LogP contribution in [0, 0.1) is 18.3 Å². The average molecular weight is 364 g/mol. The van der Waals surface area contributed by atoms with Gasteiger partial charge < -0.3 is 10.6 Å². The molecule has 0 aliphatic carbocycles. The van der Waals surface area contributed by atoms with Crippen LogP contribution in [0.15, 0.2) is 54.6 Å². The Balaban J connectivity index is 1.69. The van der Waals surface area contributed by atoms with Crippen molar-refractivity contribution in [1.29, 1.82) is 5.26 Å². The maximum atomic E-state index is 12.3. The highest BCUT2D eigenvalue weighted by molar-refractivity contribution is 6.31. The molecule has 128 valence electrons. The van der Waals surface area contributed by atoms with Crippen LogP contribution < -0.4 is 10.6 Å². The van der Waals surface area contributed by atoms with Crippen LogP contribution in [-0.2, 0) is 0 Å². The number of hydrogen-bond acceptors (Lipinski definition) is 5. The summed E-state index contributed by atoms with van der Waals surface area (Å²) in [5.41, 5.74) is 3.06. The summed E-state index contributed by atoms with van der Waals surface area (Å²) < 4.78 is 0. The van der Waals surface area contributed by atoms with Crippen molar-refractivity contribution in [3.8, 4) is 6.07 Å².